The van der Waals surface area contributed by atoms with E-state index in [-0.39, 0.29) is 29.4 Å². The van der Waals surface area contributed by atoms with Crippen LogP contribution in [-0.2, 0) is 14.1 Å². The molecule has 0 aromatic heterocycles. The van der Waals surface area contributed by atoms with Crippen LogP contribution >= 0.6 is 19.4 Å². The Labute approximate surface area is 250 Å². The topological polar surface area (TPSA) is 61.8 Å². The Morgan fingerprint density at radius 3 is 1.73 bits per heavy atom. The summed E-state index contributed by atoms with van der Waals surface area (Å²) in [5.41, 5.74) is 0.0574. The molecule has 0 amide bonds. The van der Waals surface area contributed by atoms with Crippen LogP contribution in [0, 0.1) is 10.8 Å². The highest BCUT2D eigenvalue weighted by molar-refractivity contribution is 7.99. The molecule has 0 N–H and O–H groups in total. The monoisotopic (exact) mass is 596 g/mol. The first kappa shape index (κ1) is 32.8. The predicted octanol–water partition coefficient (Wildman–Crippen LogP) is 9.64. The third-order valence-corrected chi connectivity index (χ3v) is 11.0. The van der Waals surface area contributed by atoms with Crippen LogP contribution < -0.4 is 9.05 Å². The molecule has 0 aliphatic carbocycles. The van der Waals surface area contributed by atoms with E-state index in [1.807, 2.05) is 25.1 Å². The number of esters is 1. The Balaban J connectivity index is 1.81. The van der Waals surface area contributed by atoms with Gasteiger partial charge < -0.3 is 13.8 Å². The molecule has 0 spiro atoms. The summed E-state index contributed by atoms with van der Waals surface area (Å²) < 4.78 is 31.5. The Hall–Kier alpha value is -2.69. The van der Waals surface area contributed by atoms with Gasteiger partial charge in [0.05, 0.1) is 5.41 Å². The Morgan fingerprint density at radius 2 is 1.27 bits per heavy atom. The van der Waals surface area contributed by atoms with E-state index in [9.17, 15) is 9.36 Å². The number of rotatable bonds is 15. The van der Waals surface area contributed by atoms with Crippen molar-refractivity contribution in [2.24, 2.45) is 10.8 Å². The largest absolute Gasteiger partial charge is 0.464 e. The smallest absolute Gasteiger partial charge is 0.434 e. The van der Waals surface area contributed by atoms with Gasteiger partial charge in [-0.3, -0.25) is 4.79 Å². The highest BCUT2D eigenvalue weighted by Crippen LogP contribution is 2.53. The van der Waals surface area contributed by atoms with Crippen molar-refractivity contribution in [1.29, 1.82) is 0 Å². The van der Waals surface area contributed by atoms with Crippen molar-refractivity contribution in [3.05, 3.63) is 96.6 Å². The number of carbonyl (C=O) groups excluding carboxylic acids is 1. The highest BCUT2D eigenvalue weighted by Gasteiger charge is 2.51. The molecule has 7 heteroatoms. The number of hydrogen-bond acceptors (Lipinski definition) is 6. The van der Waals surface area contributed by atoms with Crippen LogP contribution in [0.3, 0.4) is 0 Å². The summed E-state index contributed by atoms with van der Waals surface area (Å²) in [6.45, 7) is 12.8. The fraction of sp³-hybridized carbons (Fsp3) is 0.441. The van der Waals surface area contributed by atoms with Crippen molar-refractivity contribution in [2.75, 3.05) is 19.0 Å². The summed E-state index contributed by atoms with van der Waals surface area (Å²) in [5.74, 6) is 0.826. The predicted molar refractivity (Wildman–Crippen MR) is 171 cm³/mol. The zero-order valence-electron chi connectivity index (χ0n) is 25.5. The van der Waals surface area contributed by atoms with Gasteiger partial charge in [0, 0.05) is 4.75 Å². The first-order valence-corrected chi connectivity index (χ1v) is 17.1. The quantitative estimate of drug-likeness (QED) is 0.129. The van der Waals surface area contributed by atoms with E-state index < -0.39 is 18.4 Å². The van der Waals surface area contributed by atoms with Crippen molar-refractivity contribution in [3.8, 4) is 11.5 Å². The molecule has 0 heterocycles. The van der Waals surface area contributed by atoms with Crippen LogP contribution in [0.5, 0.6) is 11.5 Å². The Bertz CT molecular complexity index is 1230. The van der Waals surface area contributed by atoms with Crippen LogP contribution in [-0.4, -0.2) is 29.7 Å². The summed E-state index contributed by atoms with van der Waals surface area (Å²) >= 11 is 1.74. The maximum Gasteiger partial charge on any atom is 0.434 e. The SMILES string of the molecule is CSC(C)(C)CC(C)(C(=O)OCCP(=O)(Oc1ccccc1)Oc1ccccc1)C(C)(C)CC(C)c1ccccc1. The number of hydrogen-bond donors (Lipinski definition) is 0. The minimum Gasteiger partial charge on any atom is -0.464 e. The van der Waals surface area contributed by atoms with E-state index in [1.54, 1.807) is 60.3 Å². The minimum atomic E-state index is -3.70. The second-order valence-corrected chi connectivity index (χ2v) is 15.7. The third kappa shape index (κ3) is 9.15. The van der Waals surface area contributed by atoms with Crippen molar-refractivity contribution in [3.63, 3.8) is 0 Å². The maximum atomic E-state index is 14.0. The second-order valence-electron chi connectivity index (χ2n) is 12.2. The van der Waals surface area contributed by atoms with Crippen LogP contribution in [0.1, 0.15) is 65.9 Å². The molecule has 2 unspecified atom stereocenters. The number of ether oxygens (including phenoxy) is 1. The van der Waals surface area contributed by atoms with Gasteiger partial charge in [0.2, 0.25) is 0 Å². The molecule has 5 nitrogen and oxygen atoms in total. The first-order valence-electron chi connectivity index (χ1n) is 14.1. The van der Waals surface area contributed by atoms with Gasteiger partial charge in [-0.05, 0) is 67.2 Å². The summed E-state index contributed by atoms with van der Waals surface area (Å²) in [4.78, 5) is 14.0. The van der Waals surface area contributed by atoms with Crippen molar-refractivity contribution < 1.29 is 23.1 Å². The van der Waals surface area contributed by atoms with Gasteiger partial charge in [-0.2, -0.15) is 11.8 Å². The number of carbonyl (C=O) groups is 1. The Morgan fingerprint density at radius 1 is 0.805 bits per heavy atom. The summed E-state index contributed by atoms with van der Waals surface area (Å²) in [6.07, 6.45) is 3.43. The van der Waals surface area contributed by atoms with Crippen LogP contribution in [0.4, 0.5) is 0 Å². The van der Waals surface area contributed by atoms with Gasteiger partial charge in [0.25, 0.3) is 0 Å². The second kappa shape index (κ2) is 14.0. The molecule has 0 radical (unpaired) electrons. The molecule has 3 rings (SSSR count). The molecule has 0 saturated heterocycles. The van der Waals surface area contributed by atoms with Crippen LogP contribution in [0.15, 0.2) is 91.0 Å². The Kier molecular flexibility index (Phi) is 11.2. The van der Waals surface area contributed by atoms with Gasteiger partial charge in [-0.25, -0.2) is 4.57 Å². The van der Waals surface area contributed by atoms with Crippen LogP contribution in [0.25, 0.3) is 0 Å². The number of para-hydroxylation sites is 2. The van der Waals surface area contributed by atoms with Crippen molar-refractivity contribution >= 4 is 25.3 Å². The molecular formula is C34H45O5PS. The van der Waals surface area contributed by atoms with E-state index in [4.69, 9.17) is 13.8 Å². The lowest BCUT2D eigenvalue weighted by molar-refractivity contribution is -0.164. The van der Waals surface area contributed by atoms with E-state index in [0.717, 1.165) is 6.42 Å². The molecule has 3 aromatic rings. The first-order chi connectivity index (χ1) is 19.3. The van der Waals surface area contributed by atoms with Gasteiger partial charge in [0.1, 0.15) is 24.3 Å². The summed E-state index contributed by atoms with van der Waals surface area (Å²) in [6, 6.07) is 28.2. The van der Waals surface area contributed by atoms with Crippen LogP contribution in [0.2, 0.25) is 0 Å². The van der Waals surface area contributed by atoms with Gasteiger partial charge >= 0.3 is 13.6 Å². The van der Waals surface area contributed by atoms with Crippen molar-refractivity contribution in [2.45, 2.75) is 65.0 Å². The number of thioether (sulfide) groups is 1. The number of benzene rings is 3. The zero-order valence-corrected chi connectivity index (χ0v) is 27.2. The lowest BCUT2D eigenvalue weighted by Gasteiger charge is -2.47. The molecule has 0 saturated carbocycles. The molecule has 0 fully saturated rings. The van der Waals surface area contributed by atoms with Gasteiger partial charge in [0.15, 0.2) is 0 Å². The molecule has 222 valence electrons. The lowest BCUT2D eigenvalue weighted by Crippen LogP contribution is -2.47. The fourth-order valence-corrected chi connectivity index (χ4v) is 7.06. The fourth-order valence-electron chi connectivity index (χ4n) is 5.20. The average Bonchev–Trinajstić information content (AvgIpc) is 2.94. The summed E-state index contributed by atoms with van der Waals surface area (Å²) in [7, 11) is -3.70. The molecular weight excluding hydrogens is 551 g/mol. The third-order valence-electron chi connectivity index (χ3n) is 8.03. The molecule has 0 aliphatic heterocycles. The van der Waals surface area contributed by atoms with E-state index in [2.05, 4.69) is 65.1 Å². The van der Waals surface area contributed by atoms with Gasteiger partial charge in [-0.15, -0.1) is 0 Å². The molecule has 41 heavy (non-hydrogen) atoms. The average molecular weight is 597 g/mol. The highest BCUT2D eigenvalue weighted by atomic mass is 32.2. The minimum absolute atomic E-state index is 0.0780. The molecule has 3 aromatic carbocycles. The molecule has 0 bridgehead atoms. The van der Waals surface area contributed by atoms with Gasteiger partial charge in [-0.1, -0.05) is 101 Å². The lowest BCUT2D eigenvalue weighted by atomic mass is 9.59. The normalized spacial score (nSPS) is 14.5. The summed E-state index contributed by atoms with van der Waals surface area (Å²) in [5, 5.41) is 0. The van der Waals surface area contributed by atoms with E-state index >= 15 is 0 Å². The van der Waals surface area contributed by atoms with E-state index in [1.165, 1.54) is 5.56 Å². The standard InChI is InChI=1S/C34H45O5PS/c1-27(28-17-11-8-12-18-28)25-32(2,3)34(6,26-33(4,5)41-7)31(35)37-23-24-40(36,38-29-19-13-9-14-20-29)39-30-21-15-10-16-22-30/h8-22,27H,23-26H2,1-7H3. The molecule has 0 aliphatic rings. The zero-order chi connectivity index (χ0) is 30.2. The maximum absolute atomic E-state index is 14.0. The molecule has 2 atom stereocenters. The van der Waals surface area contributed by atoms with Crippen molar-refractivity contribution in [1.82, 2.24) is 0 Å². The van der Waals surface area contributed by atoms with E-state index in [0.29, 0.717) is 17.9 Å².